The van der Waals surface area contributed by atoms with E-state index < -0.39 is 17.4 Å². The van der Waals surface area contributed by atoms with Crippen LogP contribution in [0.4, 0.5) is 18.2 Å². The van der Waals surface area contributed by atoms with Gasteiger partial charge >= 0.3 is 11.5 Å². The normalized spacial score (nSPS) is 11.2. The number of halogens is 3. The molecule has 0 bridgehead atoms. The van der Waals surface area contributed by atoms with Crippen LogP contribution in [0.2, 0.25) is 0 Å². The van der Waals surface area contributed by atoms with Gasteiger partial charge in [-0.05, 0) is 49.4 Å². The monoisotopic (exact) mass is 389 g/mol. The number of benzene rings is 1. The number of hydrogen-bond acceptors (Lipinski definition) is 5. The molecule has 1 heterocycles. The molecule has 0 saturated heterocycles. The van der Waals surface area contributed by atoms with Crippen LogP contribution >= 0.6 is 23.1 Å². The van der Waals surface area contributed by atoms with Crippen molar-refractivity contribution in [1.82, 2.24) is 0 Å². The number of aryl methyl sites for hydroxylation is 1. The maximum Gasteiger partial charge on any atom is 0.446 e. The summed E-state index contributed by atoms with van der Waals surface area (Å²) in [5.41, 5.74) is -3.96. The van der Waals surface area contributed by atoms with E-state index >= 15 is 0 Å². The lowest BCUT2D eigenvalue weighted by Crippen LogP contribution is -2.13. The summed E-state index contributed by atoms with van der Waals surface area (Å²) in [6.07, 6.45) is 0. The number of amides is 1. The molecule has 2 aromatic rings. The summed E-state index contributed by atoms with van der Waals surface area (Å²) < 4.78 is 42.7. The molecule has 0 aliphatic rings. The van der Waals surface area contributed by atoms with E-state index in [2.05, 4.69) is 5.32 Å². The van der Waals surface area contributed by atoms with Crippen molar-refractivity contribution < 1.29 is 27.5 Å². The molecule has 0 fully saturated rings. The van der Waals surface area contributed by atoms with E-state index in [1.54, 1.807) is 19.9 Å². The fourth-order valence-corrected chi connectivity index (χ4v) is 3.62. The Morgan fingerprint density at radius 3 is 2.60 bits per heavy atom. The number of carbonyl (C=O) groups excluding carboxylic acids is 2. The second kappa shape index (κ2) is 7.92. The molecule has 0 aliphatic carbocycles. The number of esters is 1. The minimum Gasteiger partial charge on any atom is -0.462 e. The van der Waals surface area contributed by atoms with Crippen molar-refractivity contribution in [2.75, 3.05) is 11.9 Å². The molecular weight excluding hydrogens is 375 g/mol. The summed E-state index contributed by atoms with van der Waals surface area (Å²) in [4.78, 5) is 24.3. The van der Waals surface area contributed by atoms with Crippen LogP contribution in [0.5, 0.6) is 0 Å². The quantitative estimate of drug-likeness (QED) is 0.571. The molecule has 0 unspecified atom stereocenters. The lowest BCUT2D eigenvalue weighted by atomic mass is 10.2. The Bertz CT molecular complexity index is 787. The molecule has 0 aliphatic heterocycles. The highest BCUT2D eigenvalue weighted by Crippen LogP contribution is 2.38. The van der Waals surface area contributed by atoms with Crippen LogP contribution < -0.4 is 5.32 Å². The summed E-state index contributed by atoms with van der Waals surface area (Å²) in [5, 5.41) is 2.89. The van der Waals surface area contributed by atoms with Crippen molar-refractivity contribution in [3.8, 4) is 0 Å². The van der Waals surface area contributed by atoms with Gasteiger partial charge in [-0.25, -0.2) is 4.79 Å². The summed E-state index contributed by atoms with van der Waals surface area (Å²) in [6, 6.07) is 7.04. The van der Waals surface area contributed by atoms with Crippen molar-refractivity contribution in [3.05, 3.63) is 46.3 Å². The molecule has 134 valence electrons. The van der Waals surface area contributed by atoms with Crippen LogP contribution in [0.3, 0.4) is 0 Å². The van der Waals surface area contributed by atoms with Crippen LogP contribution in [0.15, 0.2) is 35.2 Å². The number of anilines is 1. The van der Waals surface area contributed by atoms with E-state index in [4.69, 9.17) is 4.74 Å². The number of thiophene rings is 1. The Kier molecular flexibility index (Phi) is 6.12. The third kappa shape index (κ3) is 5.23. The zero-order chi connectivity index (χ0) is 18.6. The first-order valence-electron chi connectivity index (χ1n) is 7.15. The third-order valence-corrected chi connectivity index (χ3v) is 4.91. The van der Waals surface area contributed by atoms with Gasteiger partial charge in [0, 0.05) is 4.90 Å². The minimum atomic E-state index is -4.49. The van der Waals surface area contributed by atoms with E-state index in [0.29, 0.717) is 15.4 Å². The van der Waals surface area contributed by atoms with Gasteiger partial charge in [-0.3, -0.25) is 4.79 Å². The molecule has 0 spiro atoms. The number of ether oxygens (including phenoxy) is 1. The maximum absolute atomic E-state index is 12.6. The zero-order valence-corrected chi connectivity index (χ0v) is 14.9. The number of hydrogen-bond donors (Lipinski definition) is 1. The van der Waals surface area contributed by atoms with Gasteiger partial charge in [0.15, 0.2) is 0 Å². The molecule has 1 aromatic carbocycles. The van der Waals surface area contributed by atoms with E-state index in [1.807, 2.05) is 0 Å². The van der Waals surface area contributed by atoms with Gasteiger partial charge in [0.25, 0.3) is 5.91 Å². The second-order valence-corrected chi connectivity index (χ2v) is 7.00. The molecule has 25 heavy (non-hydrogen) atoms. The van der Waals surface area contributed by atoms with E-state index in [9.17, 15) is 22.8 Å². The van der Waals surface area contributed by atoms with Crippen molar-refractivity contribution in [1.29, 1.82) is 0 Å². The highest BCUT2D eigenvalue weighted by atomic mass is 32.2. The van der Waals surface area contributed by atoms with Gasteiger partial charge in [0.05, 0.1) is 17.2 Å². The van der Waals surface area contributed by atoms with Gasteiger partial charge in [-0.2, -0.15) is 13.2 Å². The number of rotatable bonds is 5. The first-order valence-corrected chi connectivity index (χ1v) is 8.78. The SMILES string of the molecule is CCOC(=O)c1sc(NC(=O)c2ccccc2SC(F)(F)F)cc1C. The number of alkyl halides is 3. The van der Waals surface area contributed by atoms with Gasteiger partial charge in [-0.15, -0.1) is 11.3 Å². The third-order valence-electron chi connectivity index (χ3n) is 2.97. The Morgan fingerprint density at radius 2 is 1.96 bits per heavy atom. The predicted octanol–water partition coefficient (Wildman–Crippen LogP) is 5.10. The van der Waals surface area contributed by atoms with Crippen LogP contribution in [-0.2, 0) is 4.74 Å². The van der Waals surface area contributed by atoms with Crippen LogP contribution in [-0.4, -0.2) is 24.0 Å². The summed E-state index contributed by atoms with van der Waals surface area (Å²) in [7, 11) is 0. The zero-order valence-electron chi connectivity index (χ0n) is 13.3. The average Bonchev–Trinajstić information content (AvgIpc) is 2.87. The van der Waals surface area contributed by atoms with E-state index in [0.717, 1.165) is 11.3 Å². The van der Waals surface area contributed by atoms with Crippen LogP contribution in [0.25, 0.3) is 0 Å². The standard InChI is InChI=1S/C16H14F3NO3S2/c1-3-23-15(22)13-9(2)8-12(24-13)20-14(21)10-6-4-5-7-11(10)25-16(17,18)19/h4-8H,3H2,1-2H3,(H,20,21). The largest absolute Gasteiger partial charge is 0.462 e. The van der Waals surface area contributed by atoms with Crippen molar-refractivity contribution >= 4 is 40.0 Å². The van der Waals surface area contributed by atoms with E-state index in [-0.39, 0.29) is 28.8 Å². The average molecular weight is 389 g/mol. The fourth-order valence-electron chi connectivity index (χ4n) is 1.99. The number of thioether (sulfide) groups is 1. The van der Waals surface area contributed by atoms with Crippen LogP contribution in [0, 0.1) is 6.92 Å². The Morgan fingerprint density at radius 1 is 1.28 bits per heavy atom. The number of carbonyl (C=O) groups is 2. The molecule has 0 radical (unpaired) electrons. The highest BCUT2D eigenvalue weighted by molar-refractivity contribution is 8.00. The molecule has 0 saturated carbocycles. The molecule has 1 aromatic heterocycles. The van der Waals surface area contributed by atoms with Crippen LogP contribution in [0.1, 0.15) is 32.5 Å². The van der Waals surface area contributed by atoms with Crippen molar-refractivity contribution in [3.63, 3.8) is 0 Å². The van der Waals surface area contributed by atoms with Crippen molar-refractivity contribution in [2.45, 2.75) is 24.3 Å². The lowest BCUT2D eigenvalue weighted by Gasteiger charge is -2.10. The second-order valence-electron chi connectivity index (χ2n) is 4.84. The first-order chi connectivity index (χ1) is 11.7. The fraction of sp³-hybridized carbons (Fsp3) is 0.250. The molecule has 2 rings (SSSR count). The molecule has 4 nitrogen and oxygen atoms in total. The van der Waals surface area contributed by atoms with Gasteiger partial charge in [0.1, 0.15) is 4.88 Å². The molecule has 1 amide bonds. The van der Waals surface area contributed by atoms with Gasteiger partial charge < -0.3 is 10.1 Å². The Balaban J connectivity index is 2.21. The molecule has 1 N–H and O–H groups in total. The molecular formula is C16H14F3NO3S2. The summed E-state index contributed by atoms with van der Waals surface area (Å²) >= 11 is 0.669. The maximum atomic E-state index is 12.6. The molecule has 0 atom stereocenters. The number of nitrogens with one attached hydrogen (secondary N) is 1. The van der Waals surface area contributed by atoms with Gasteiger partial charge in [0.2, 0.25) is 0 Å². The Hall–Kier alpha value is -2.00. The molecule has 9 heteroatoms. The van der Waals surface area contributed by atoms with Crippen molar-refractivity contribution in [2.24, 2.45) is 0 Å². The van der Waals surface area contributed by atoms with Gasteiger partial charge in [-0.1, -0.05) is 12.1 Å². The Labute approximate surface area is 150 Å². The smallest absolute Gasteiger partial charge is 0.446 e. The van der Waals surface area contributed by atoms with E-state index in [1.165, 1.54) is 24.3 Å². The topological polar surface area (TPSA) is 55.4 Å². The predicted molar refractivity (Wildman–Crippen MR) is 91.3 cm³/mol. The summed E-state index contributed by atoms with van der Waals surface area (Å²) in [5.74, 6) is -1.18. The minimum absolute atomic E-state index is 0.0893. The lowest BCUT2D eigenvalue weighted by molar-refractivity contribution is -0.0328. The first kappa shape index (κ1) is 19.3. The summed E-state index contributed by atoms with van der Waals surface area (Å²) in [6.45, 7) is 3.59. The highest BCUT2D eigenvalue weighted by Gasteiger charge is 2.31.